The maximum Gasteiger partial charge on any atom is 0.244 e. The van der Waals surface area contributed by atoms with Crippen LogP contribution in [-0.2, 0) is 9.26 Å². The summed E-state index contributed by atoms with van der Waals surface area (Å²) in [7, 11) is 1.46. The van der Waals surface area contributed by atoms with Gasteiger partial charge in [0.2, 0.25) is 4.52 Å². The van der Waals surface area contributed by atoms with E-state index in [4.69, 9.17) is 27.9 Å². The van der Waals surface area contributed by atoms with Crippen molar-refractivity contribution in [3.8, 4) is 0 Å². The lowest BCUT2D eigenvalue weighted by molar-refractivity contribution is 0.133. The number of imidazole rings is 1. The van der Waals surface area contributed by atoms with E-state index in [0.717, 1.165) is 11.0 Å². The number of H-pyrrole nitrogens is 1. The second kappa shape index (κ2) is 3.42. The van der Waals surface area contributed by atoms with Gasteiger partial charge in [-0.25, -0.2) is 4.98 Å². The summed E-state index contributed by atoms with van der Waals surface area (Å²) in [4.78, 5) is 7.06. The Morgan fingerprint density at radius 3 is 2.93 bits per heavy atom. The second-order valence-electron chi connectivity index (χ2n) is 2.86. The molecule has 2 rings (SSSR count). The first kappa shape index (κ1) is 9.77. The lowest BCUT2D eigenvalue weighted by Crippen LogP contribution is -2.12. The number of fused-ring (bicyclic) bond motifs is 1. The van der Waals surface area contributed by atoms with Crippen LogP contribution in [0.1, 0.15) is 5.56 Å². The lowest BCUT2D eigenvalue weighted by atomic mass is 10.2. The van der Waals surface area contributed by atoms with Crippen molar-refractivity contribution in [2.45, 2.75) is 4.52 Å². The Kier molecular flexibility index (Phi) is 2.39. The molecule has 0 saturated carbocycles. The molecule has 1 N–H and O–H groups in total. The minimum Gasteiger partial charge on any atom is -0.346 e. The van der Waals surface area contributed by atoms with Gasteiger partial charge < -0.3 is 9.72 Å². The Hall–Kier alpha value is -0.770. The molecule has 1 heterocycles. The van der Waals surface area contributed by atoms with Crippen molar-refractivity contribution >= 4 is 34.2 Å². The number of aromatic amines is 1. The molecular formula is C9H8Cl2N2O. The summed E-state index contributed by atoms with van der Waals surface area (Å²) in [6, 6.07) is 5.43. The molecule has 1 aromatic carbocycles. The normalized spacial score (nSPS) is 12.2. The summed E-state index contributed by atoms with van der Waals surface area (Å²) >= 11 is 11.8. The number of halogens is 2. The van der Waals surface area contributed by atoms with Crippen molar-refractivity contribution in [3.05, 3.63) is 30.1 Å². The molecule has 2 aromatic rings. The lowest BCUT2D eigenvalue weighted by Gasteiger charge is -2.17. The van der Waals surface area contributed by atoms with Crippen LogP contribution < -0.4 is 0 Å². The monoisotopic (exact) mass is 230 g/mol. The SMILES string of the molecule is COC(Cl)(Cl)c1ccc2nc[nH]c2c1. The predicted octanol–water partition coefficient (Wildman–Crippen LogP) is 2.80. The van der Waals surface area contributed by atoms with Crippen molar-refractivity contribution in [1.82, 2.24) is 9.97 Å². The number of rotatable bonds is 2. The van der Waals surface area contributed by atoms with Crippen molar-refractivity contribution in [2.75, 3.05) is 7.11 Å². The molecule has 5 heteroatoms. The molecule has 0 spiro atoms. The van der Waals surface area contributed by atoms with Gasteiger partial charge >= 0.3 is 0 Å². The summed E-state index contributed by atoms with van der Waals surface area (Å²) in [5.74, 6) is 0. The van der Waals surface area contributed by atoms with E-state index in [1.54, 1.807) is 12.4 Å². The van der Waals surface area contributed by atoms with E-state index in [0.29, 0.717) is 5.56 Å². The van der Waals surface area contributed by atoms with Crippen LogP contribution in [0.5, 0.6) is 0 Å². The highest BCUT2D eigenvalue weighted by molar-refractivity contribution is 6.46. The van der Waals surface area contributed by atoms with Gasteiger partial charge in [0.05, 0.1) is 17.4 Å². The second-order valence-corrected chi connectivity index (χ2v) is 4.11. The van der Waals surface area contributed by atoms with Gasteiger partial charge in [-0.1, -0.05) is 29.3 Å². The van der Waals surface area contributed by atoms with Crippen LogP contribution in [0.3, 0.4) is 0 Å². The summed E-state index contributed by atoms with van der Waals surface area (Å²) in [6.07, 6.45) is 1.62. The van der Waals surface area contributed by atoms with E-state index < -0.39 is 4.52 Å². The first-order valence-corrected chi connectivity index (χ1v) is 4.75. The van der Waals surface area contributed by atoms with E-state index in [2.05, 4.69) is 9.97 Å². The van der Waals surface area contributed by atoms with Gasteiger partial charge in [-0.15, -0.1) is 0 Å². The van der Waals surface area contributed by atoms with Crippen LogP contribution in [0, 0.1) is 0 Å². The molecule has 0 aliphatic carbocycles. The maximum absolute atomic E-state index is 5.92. The smallest absolute Gasteiger partial charge is 0.244 e. The molecule has 0 radical (unpaired) electrons. The van der Waals surface area contributed by atoms with E-state index in [9.17, 15) is 0 Å². The van der Waals surface area contributed by atoms with Gasteiger partial charge in [0.15, 0.2) is 0 Å². The van der Waals surface area contributed by atoms with Gasteiger partial charge in [-0.05, 0) is 12.1 Å². The number of nitrogens with zero attached hydrogens (tertiary/aromatic N) is 1. The van der Waals surface area contributed by atoms with E-state index >= 15 is 0 Å². The molecule has 0 aliphatic heterocycles. The predicted molar refractivity (Wildman–Crippen MR) is 56.5 cm³/mol. The third-order valence-electron chi connectivity index (χ3n) is 2.01. The highest BCUT2D eigenvalue weighted by Crippen LogP contribution is 2.35. The topological polar surface area (TPSA) is 37.9 Å². The number of nitrogens with one attached hydrogen (secondary N) is 1. The van der Waals surface area contributed by atoms with Gasteiger partial charge in [0.25, 0.3) is 0 Å². The van der Waals surface area contributed by atoms with Gasteiger partial charge in [-0.3, -0.25) is 0 Å². The highest BCUT2D eigenvalue weighted by Gasteiger charge is 2.26. The molecule has 0 aliphatic rings. The molecule has 0 atom stereocenters. The van der Waals surface area contributed by atoms with Gasteiger partial charge in [0.1, 0.15) is 0 Å². The molecule has 14 heavy (non-hydrogen) atoms. The molecular weight excluding hydrogens is 223 g/mol. The molecule has 0 unspecified atom stereocenters. The fraction of sp³-hybridized carbons (Fsp3) is 0.222. The average Bonchev–Trinajstić information content (AvgIpc) is 2.64. The summed E-state index contributed by atoms with van der Waals surface area (Å²) in [6.45, 7) is 0. The Balaban J connectivity index is 2.53. The largest absolute Gasteiger partial charge is 0.346 e. The molecule has 1 aromatic heterocycles. The summed E-state index contributed by atoms with van der Waals surface area (Å²) < 4.78 is 3.64. The Bertz CT molecular complexity index is 453. The number of hydrogen-bond donors (Lipinski definition) is 1. The highest BCUT2D eigenvalue weighted by atomic mass is 35.5. The van der Waals surface area contributed by atoms with Crippen LogP contribution in [-0.4, -0.2) is 17.1 Å². The number of benzene rings is 1. The summed E-state index contributed by atoms with van der Waals surface area (Å²) in [5.41, 5.74) is 2.43. The van der Waals surface area contributed by atoms with Crippen LogP contribution in [0.2, 0.25) is 0 Å². The molecule has 0 bridgehead atoms. The van der Waals surface area contributed by atoms with E-state index in [1.807, 2.05) is 12.1 Å². The Morgan fingerprint density at radius 2 is 2.21 bits per heavy atom. The zero-order valence-corrected chi connectivity index (χ0v) is 8.93. The molecule has 3 nitrogen and oxygen atoms in total. The standard InChI is InChI=1S/C9H8Cl2N2O/c1-14-9(10,11)6-2-3-7-8(4-6)13-5-12-7/h2-5H,1H3,(H,12,13). The zero-order valence-electron chi connectivity index (χ0n) is 7.42. The minimum atomic E-state index is -1.31. The number of ether oxygens (including phenoxy) is 1. The van der Waals surface area contributed by atoms with Gasteiger partial charge in [0, 0.05) is 12.7 Å². The van der Waals surface area contributed by atoms with Crippen molar-refractivity contribution < 1.29 is 4.74 Å². The van der Waals surface area contributed by atoms with Crippen molar-refractivity contribution in [1.29, 1.82) is 0 Å². The molecule has 74 valence electrons. The average molecular weight is 231 g/mol. The fourth-order valence-electron chi connectivity index (χ4n) is 1.23. The first-order valence-electron chi connectivity index (χ1n) is 4.00. The number of hydrogen-bond acceptors (Lipinski definition) is 2. The first-order chi connectivity index (χ1) is 6.63. The number of methoxy groups -OCH3 is 1. The minimum absolute atomic E-state index is 0.681. The van der Waals surface area contributed by atoms with Crippen LogP contribution in [0.4, 0.5) is 0 Å². The Morgan fingerprint density at radius 1 is 1.43 bits per heavy atom. The molecule has 0 fully saturated rings. The van der Waals surface area contributed by atoms with Crippen molar-refractivity contribution in [3.63, 3.8) is 0 Å². The van der Waals surface area contributed by atoms with Gasteiger partial charge in [-0.2, -0.15) is 0 Å². The van der Waals surface area contributed by atoms with E-state index in [-0.39, 0.29) is 0 Å². The molecule has 0 saturated heterocycles. The Labute approximate surface area is 91.0 Å². The molecule has 0 amide bonds. The number of alkyl halides is 2. The maximum atomic E-state index is 5.92. The third-order valence-corrected chi connectivity index (χ3v) is 2.76. The van der Waals surface area contributed by atoms with Crippen LogP contribution in [0.15, 0.2) is 24.5 Å². The van der Waals surface area contributed by atoms with E-state index in [1.165, 1.54) is 7.11 Å². The van der Waals surface area contributed by atoms with Crippen LogP contribution >= 0.6 is 23.2 Å². The fourth-order valence-corrected chi connectivity index (χ4v) is 1.47. The van der Waals surface area contributed by atoms with Crippen molar-refractivity contribution in [2.24, 2.45) is 0 Å². The van der Waals surface area contributed by atoms with Crippen LogP contribution in [0.25, 0.3) is 11.0 Å². The number of aromatic nitrogens is 2. The summed E-state index contributed by atoms with van der Waals surface area (Å²) in [5, 5.41) is 0. The third kappa shape index (κ3) is 1.59. The quantitative estimate of drug-likeness (QED) is 0.807. The zero-order chi connectivity index (χ0) is 10.2.